The van der Waals surface area contributed by atoms with Gasteiger partial charge in [0.2, 0.25) is 5.91 Å². The Morgan fingerprint density at radius 1 is 1.17 bits per heavy atom. The molecule has 5 heterocycles. The molecular weight excluding hydrogens is 623 g/mol. The van der Waals surface area contributed by atoms with Crippen LogP contribution in [0.3, 0.4) is 0 Å². The number of rotatable bonds is 3. The maximum Gasteiger partial charge on any atom is 0.417 e. The molecule has 15 heteroatoms. The summed E-state index contributed by atoms with van der Waals surface area (Å²) >= 11 is 1.52. The first-order valence-electron chi connectivity index (χ1n) is 15.6. The van der Waals surface area contributed by atoms with Gasteiger partial charge in [-0.25, -0.2) is 9.97 Å². The maximum atomic E-state index is 14.0. The van der Waals surface area contributed by atoms with Crippen LogP contribution in [0.1, 0.15) is 65.5 Å². The van der Waals surface area contributed by atoms with Gasteiger partial charge in [0, 0.05) is 36.5 Å². The van der Waals surface area contributed by atoms with Crippen molar-refractivity contribution in [1.29, 1.82) is 0 Å². The molecule has 2 fully saturated rings. The van der Waals surface area contributed by atoms with E-state index in [1.54, 1.807) is 13.0 Å². The van der Waals surface area contributed by atoms with Gasteiger partial charge in [0.05, 0.1) is 5.39 Å². The van der Waals surface area contributed by atoms with Crippen molar-refractivity contribution in [3.63, 3.8) is 0 Å². The Balaban J connectivity index is 1.19. The lowest BCUT2D eigenvalue weighted by Crippen LogP contribution is -2.57. The van der Waals surface area contributed by atoms with Crippen LogP contribution in [-0.4, -0.2) is 85.8 Å². The maximum absolute atomic E-state index is 14.0. The third-order valence-electron chi connectivity index (χ3n) is 10.5. The van der Waals surface area contributed by atoms with Gasteiger partial charge in [-0.15, -0.1) is 11.3 Å². The number of nitrogens with zero attached hydrogens (tertiary/aromatic N) is 5. The van der Waals surface area contributed by atoms with Crippen molar-refractivity contribution in [1.82, 2.24) is 29.7 Å². The zero-order chi connectivity index (χ0) is 32.8. The minimum absolute atomic E-state index is 0.0965. The molecule has 1 unspecified atom stereocenters. The molecule has 3 aromatic rings. The topological polar surface area (TPSA) is 133 Å². The van der Waals surface area contributed by atoms with Crippen molar-refractivity contribution in [2.75, 3.05) is 32.0 Å². The van der Waals surface area contributed by atoms with Crippen molar-refractivity contribution >= 4 is 44.9 Å². The summed E-state index contributed by atoms with van der Waals surface area (Å²) in [5, 5.41) is 17.0. The molecule has 1 saturated carbocycles. The predicted octanol–water partition coefficient (Wildman–Crippen LogP) is 3.44. The SMILES string of the molecule is Cc1cc(Nc2ncnc3sc4c(c23)CC[C@H](C(=O)N2CCN(C)C(C)C2)C4)c(=O)n2c1C(=O)N[C@]21CC[C@@](O)(C(F)(F)F)CC1. The molecular formula is C31H36F3N7O4S. The second-order valence-electron chi connectivity index (χ2n) is 13.3. The lowest BCUT2D eigenvalue weighted by Gasteiger charge is -2.43. The van der Waals surface area contributed by atoms with Crippen molar-refractivity contribution in [2.45, 2.75) is 82.3 Å². The number of aromatic nitrogens is 3. The minimum atomic E-state index is -4.82. The van der Waals surface area contributed by atoms with E-state index < -0.39 is 41.7 Å². The first-order valence-corrected chi connectivity index (χ1v) is 16.4. The number of aliphatic hydroxyl groups is 1. The number of piperazine rings is 1. The van der Waals surface area contributed by atoms with E-state index in [1.807, 2.05) is 4.90 Å². The van der Waals surface area contributed by atoms with Gasteiger partial charge in [-0.05, 0) is 83.0 Å². The van der Waals surface area contributed by atoms with Gasteiger partial charge in [-0.1, -0.05) is 0 Å². The fourth-order valence-electron chi connectivity index (χ4n) is 7.61. The van der Waals surface area contributed by atoms with Crippen LogP contribution < -0.4 is 16.2 Å². The number of hydrogen-bond donors (Lipinski definition) is 3. The number of thiophene rings is 1. The van der Waals surface area contributed by atoms with Gasteiger partial charge < -0.3 is 25.5 Å². The van der Waals surface area contributed by atoms with E-state index in [0.717, 1.165) is 33.7 Å². The number of anilines is 2. The van der Waals surface area contributed by atoms with Crippen LogP contribution in [0.5, 0.6) is 0 Å². The summed E-state index contributed by atoms with van der Waals surface area (Å²) in [5.41, 5.74) is -3.08. The number of nitrogens with one attached hydrogen (secondary N) is 2. The number of pyridine rings is 1. The molecule has 2 amide bonds. The number of aryl methyl sites for hydroxylation is 2. The van der Waals surface area contributed by atoms with Crippen molar-refractivity contribution in [3.8, 4) is 0 Å². The number of alkyl halides is 3. The van der Waals surface area contributed by atoms with Crippen LogP contribution in [0, 0.1) is 12.8 Å². The number of carbonyl (C=O) groups is 2. The highest BCUT2D eigenvalue weighted by molar-refractivity contribution is 7.19. The van der Waals surface area contributed by atoms with Crippen molar-refractivity contribution < 1.29 is 27.9 Å². The fourth-order valence-corrected chi connectivity index (χ4v) is 8.88. The number of carbonyl (C=O) groups excluding carboxylic acids is 2. The van der Waals surface area contributed by atoms with Gasteiger partial charge >= 0.3 is 6.18 Å². The van der Waals surface area contributed by atoms with E-state index in [0.29, 0.717) is 43.2 Å². The van der Waals surface area contributed by atoms with Gasteiger partial charge in [0.15, 0.2) is 5.60 Å². The normalized spacial score (nSPS) is 28.3. The van der Waals surface area contributed by atoms with E-state index in [4.69, 9.17) is 0 Å². The monoisotopic (exact) mass is 659 g/mol. The van der Waals surface area contributed by atoms with Crippen LogP contribution in [0.4, 0.5) is 24.7 Å². The standard InChI is InChI=1S/C31H36F3N7O4S/c1-16-12-20(28(44)41-23(16)25(42)38-30(41)8-6-29(45,7-9-30)31(32,33)34)37-24-22-19-5-4-18(13-21(19)46-26(22)36-15-35-24)27(43)40-11-10-39(3)17(2)14-40/h12,15,17-18,45H,4-11,13-14H2,1-3H3,(H,38,42)(H,35,36,37)/t17?,18-,29-,30+/m0/s1. The fraction of sp³-hybridized carbons (Fsp3) is 0.581. The summed E-state index contributed by atoms with van der Waals surface area (Å²) < 4.78 is 42.0. The van der Waals surface area contributed by atoms with Crippen molar-refractivity contribution in [3.05, 3.63) is 44.4 Å². The Morgan fingerprint density at radius 2 is 1.91 bits per heavy atom. The van der Waals surface area contributed by atoms with E-state index in [-0.39, 0.29) is 36.0 Å². The molecule has 4 aliphatic rings. The number of amides is 2. The average molecular weight is 660 g/mol. The molecule has 3 N–H and O–H groups in total. The first-order chi connectivity index (χ1) is 21.7. The van der Waals surface area contributed by atoms with Crippen LogP contribution in [-0.2, 0) is 23.3 Å². The smallest absolute Gasteiger partial charge is 0.380 e. The molecule has 46 heavy (non-hydrogen) atoms. The molecule has 246 valence electrons. The van der Waals surface area contributed by atoms with Gasteiger partial charge in [0.25, 0.3) is 11.5 Å². The van der Waals surface area contributed by atoms with E-state index in [9.17, 15) is 32.7 Å². The lowest BCUT2D eigenvalue weighted by molar-refractivity contribution is -0.275. The number of fused-ring (bicyclic) bond motifs is 5. The Labute approximate surface area is 266 Å². The molecule has 0 bridgehead atoms. The second kappa shape index (κ2) is 10.7. The summed E-state index contributed by atoms with van der Waals surface area (Å²) in [7, 11) is 2.07. The third kappa shape index (κ3) is 4.80. The van der Waals surface area contributed by atoms with E-state index >= 15 is 0 Å². The average Bonchev–Trinajstić information content (AvgIpc) is 3.53. The minimum Gasteiger partial charge on any atom is -0.380 e. The van der Waals surface area contributed by atoms with Gasteiger partial charge in [-0.3, -0.25) is 19.0 Å². The predicted molar refractivity (Wildman–Crippen MR) is 165 cm³/mol. The number of halogens is 3. The molecule has 1 spiro atoms. The third-order valence-corrected chi connectivity index (χ3v) is 11.7. The summed E-state index contributed by atoms with van der Waals surface area (Å²) in [5.74, 6) is -0.0532. The molecule has 3 aromatic heterocycles. The quantitative estimate of drug-likeness (QED) is 0.390. The Hall–Kier alpha value is -3.56. The highest BCUT2D eigenvalue weighted by Gasteiger charge is 2.59. The van der Waals surface area contributed by atoms with E-state index in [1.165, 1.54) is 22.2 Å². The summed E-state index contributed by atoms with van der Waals surface area (Å²) in [6, 6.07) is 1.86. The zero-order valence-electron chi connectivity index (χ0n) is 25.8. The molecule has 2 atom stereocenters. The Bertz CT molecular complexity index is 1810. The second-order valence-corrected chi connectivity index (χ2v) is 14.4. The summed E-state index contributed by atoms with van der Waals surface area (Å²) in [6.07, 6.45) is -3.27. The van der Waals surface area contributed by atoms with Crippen LogP contribution >= 0.6 is 11.3 Å². The Morgan fingerprint density at radius 3 is 2.61 bits per heavy atom. The Kier molecular flexibility index (Phi) is 7.25. The number of likely N-dealkylation sites (N-methyl/N-ethyl adjacent to an activating group) is 1. The van der Waals surface area contributed by atoms with Crippen LogP contribution in [0.15, 0.2) is 17.2 Å². The molecule has 2 aliphatic heterocycles. The van der Waals surface area contributed by atoms with Gasteiger partial charge in [-0.2, -0.15) is 13.2 Å². The highest BCUT2D eigenvalue weighted by Crippen LogP contribution is 2.48. The number of hydrogen-bond acceptors (Lipinski definition) is 9. The molecule has 0 radical (unpaired) electrons. The largest absolute Gasteiger partial charge is 0.417 e. The summed E-state index contributed by atoms with van der Waals surface area (Å²) in [6.45, 7) is 6.08. The first kappa shape index (κ1) is 31.1. The molecule has 11 nitrogen and oxygen atoms in total. The summed E-state index contributed by atoms with van der Waals surface area (Å²) in [4.78, 5) is 55.5. The molecule has 2 aliphatic carbocycles. The van der Waals surface area contributed by atoms with E-state index in [2.05, 4.69) is 39.5 Å². The lowest BCUT2D eigenvalue weighted by atomic mass is 9.78. The molecule has 0 aromatic carbocycles. The molecule has 1 saturated heterocycles. The molecule has 7 rings (SSSR count). The van der Waals surface area contributed by atoms with Crippen LogP contribution in [0.2, 0.25) is 0 Å². The zero-order valence-corrected chi connectivity index (χ0v) is 26.6. The van der Waals surface area contributed by atoms with Gasteiger partial charge in [0.1, 0.15) is 34.0 Å². The highest BCUT2D eigenvalue weighted by atomic mass is 32.1. The van der Waals surface area contributed by atoms with Crippen LogP contribution in [0.25, 0.3) is 10.2 Å². The van der Waals surface area contributed by atoms with Crippen molar-refractivity contribution in [2.24, 2.45) is 5.92 Å².